The summed E-state index contributed by atoms with van der Waals surface area (Å²) in [5.74, 6) is 0. The molecule has 7 heteroatoms. The number of rotatable bonds is 3. The standard InChI is InChI=1S/C13H9BrF3N3/c14-12(9-4-6-18-7-5-9)20-19-11-3-1-2-10(8-11)13(15,16)17/h1-8,19H. The maximum atomic E-state index is 12.6. The summed E-state index contributed by atoms with van der Waals surface area (Å²) in [4.78, 5) is 3.86. The zero-order valence-corrected chi connectivity index (χ0v) is 11.6. The number of halogens is 4. The fourth-order valence-electron chi connectivity index (χ4n) is 1.43. The first kappa shape index (κ1) is 14.5. The fourth-order valence-corrected chi connectivity index (χ4v) is 1.79. The van der Waals surface area contributed by atoms with Crippen molar-refractivity contribution in [2.24, 2.45) is 5.10 Å². The van der Waals surface area contributed by atoms with Gasteiger partial charge in [-0.25, -0.2) is 0 Å². The highest BCUT2D eigenvalue weighted by Gasteiger charge is 2.30. The molecular formula is C13H9BrF3N3. The van der Waals surface area contributed by atoms with Gasteiger partial charge in [0.1, 0.15) is 4.62 Å². The fraction of sp³-hybridized carbons (Fsp3) is 0.0769. The Morgan fingerprint density at radius 1 is 1.15 bits per heavy atom. The van der Waals surface area contributed by atoms with Crippen LogP contribution in [0.3, 0.4) is 0 Å². The van der Waals surface area contributed by atoms with E-state index in [-0.39, 0.29) is 5.69 Å². The summed E-state index contributed by atoms with van der Waals surface area (Å²) in [5.41, 5.74) is 2.87. The van der Waals surface area contributed by atoms with Gasteiger partial charge in [-0.15, -0.1) is 0 Å². The minimum Gasteiger partial charge on any atom is -0.277 e. The van der Waals surface area contributed by atoms with Crippen molar-refractivity contribution >= 4 is 26.2 Å². The van der Waals surface area contributed by atoms with Gasteiger partial charge in [-0.2, -0.15) is 18.3 Å². The van der Waals surface area contributed by atoms with E-state index in [0.717, 1.165) is 17.7 Å². The summed E-state index contributed by atoms with van der Waals surface area (Å²) >= 11 is 3.24. The summed E-state index contributed by atoms with van der Waals surface area (Å²) in [7, 11) is 0. The van der Waals surface area contributed by atoms with Crippen molar-refractivity contribution in [3.63, 3.8) is 0 Å². The van der Waals surface area contributed by atoms with Crippen LogP contribution in [0.2, 0.25) is 0 Å². The number of hydrogen-bond donors (Lipinski definition) is 1. The highest BCUT2D eigenvalue weighted by molar-refractivity contribution is 9.18. The molecule has 0 radical (unpaired) electrons. The van der Waals surface area contributed by atoms with Gasteiger partial charge in [-0.05, 0) is 46.3 Å². The second kappa shape index (κ2) is 6.04. The van der Waals surface area contributed by atoms with Crippen LogP contribution in [-0.4, -0.2) is 9.60 Å². The Kier molecular flexibility index (Phi) is 4.39. The SMILES string of the molecule is FC(F)(F)c1cccc(NN=C(Br)c2ccncc2)c1. The van der Waals surface area contributed by atoms with Gasteiger partial charge in [0.2, 0.25) is 0 Å². The predicted molar refractivity (Wildman–Crippen MR) is 74.8 cm³/mol. The molecule has 0 aliphatic rings. The summed E-state index contributed by atoms with van der Waals surface area (Å²) < 4.78 is 38.1. The van der Waals surface area contributed by atoms with Crippen LogP contribution < -0.4 is 5.43 Å². The van der Waals surface area contributed by atoms with E-state index in [4.69, 9.17) is 0 Å². The molecule has 0 saturated carbocycles. The van der Waals surface area contributed by atoms with E-state index >= 15 is 0 Å². The molecule has 2 rings (SSSR count). The van der Waals surface area contributed by atoms with Crippen LogP contribution >= 0.6 is 15.9 Å². The molecule has 0 atom stereocenters. The Morgan fingerprint density at radius 3 is 2.50 bits per heavy atom. The first-order valence-electron chi connectivity index (χ1n) is 5.53. The van der Waals surface area contributed by atoms with Crippen LogP contribution in [0.25, 0.3) is 0 Å². The Morgan fingerprint density at radius 2 is 1.85 bits per heavy atom. The molecular weight excluding hydrogens is 335 g/mol. The number of nitrogens with one attached hydrogen (secondary N) is 1. The number of nitrogens with zero attached hydrogens (tertiary/aromatic N) is 2. The Balaban J connectivity index is 2.15. The third-order valence-corrected chi connectivity index (χ3v) is 3.03. The molecule has 0 aliphatic carbocycles. The molecule has 1 heterocycles. The third kappa shape index (κ3) is 3.80. The molecule has 0 amide bonds. The minimum atomic E-state index is -4.37. The molecule has 104 valence electrons. The normalized spacial score (nSPS) is 12.3. The van der Waals surface area contributed by atoms with Crippen LogP contribution in [0.5, 0.6) is 0 Å². The molecule has 1 aromatic heterocycles. The van der Waals surface area contributed by atoms with E-state index in [2.05, 4.69) is 31.4 Å². The average molecular weight is 344 g/mol. The average Bonchev–Trinajstić information content (AvgIpc) is 2.45. The number of alkyl halides is 3. The van der Waals surface area contributed by atoms with Crippen molar-refractivity contribution in [3.05, 3.63) is 59.9 Å². The van der Waals surface area contributed by atoms with Gasteiger partial charge in [0.25, 0.3) is 0 Å². The van der Waals surface area contributed by atoms with Crippen molar-refractivity contribution in [1.29, 1.82) is 0 Å². The molecule has 0 saturated heterocycles. The molecule has 2 aromatic rings. The second-order valence-electron chi connectivity index (χ2n) is 3.83. The zero-order chi connectivity index (χ0) is 14.6. The van der Waals surface area contributed by atoms with E-state index in [9.17, 15) is 13.2 Å². The summed E-state index contributed by atoms with van der Waals surface area (Å²) in [6.07, 6.45) is -1.18. The topological polar surface area (TPSA) is 37.3 Å². The Hall–Kier alpha value is -1.89. The predicted octanol–water partition coefficient (Wildman–Crippen LogP) is 4.27. The van der Waals surface area contributed by atoms with Crippen LogP contribution in [0.4, 0.5) is 18.9 Å². The molecule has 0 spiro atoms. The first-order valence-corrected chi connectivity index (χ1v) is 6.33. The Labute approximate surface area is 121 Å². The van der Waals surface area contributed by atoms with Crippen molar-refractivity contribution in [1.82, 2.24) is 4.98 Å². The van der Waals surface area contributed by atoms with Gasteiger partial charge < -0.3 is 0 Å². The van der Waals surface area contributed by atoms with E-state index in [1.165, 1.54) is 12.1 Å². The smallest absolute Gasteiger partial charge is 0.277 e. The van der Waals surface area contributed by atoms with Gasteiger partial charge >= 0.3 is 6.18 Å². The zero-order valence-electron chi connectivity index (χ0n) is 10.0. The highest BCUT2D eigenvalue weighted by Crippen LogP contribution is 2.30. The number of benzene rings is 1. The number of anilines is 1. The first-order chi connectivity index (χ1) is 9.47. The van der Waals surface area contributed by atoms with Crippen LogP contribution in [0.1, 0.15) is 11.1 Å². The van der Waals surface area contributed by atoms with Crippen molar-refractivity contribution in [3.8, 4) is 0 Å². The monoisotopic (exact) mass is 343 g/mol. The van der Waals surface area contributed by atoms with Gasteiger partial charge in [0.15, 0.2) is 0 Å². The third-order valence-electron chi connectivity index (χ3n) is 2.39. The molecule has 1 aromatic carbocycles. The lowest BCUT2D eigenvalue weighted by Gasteiger charge is -2.08. The second-order valence-corrected chi connectivity index (χ2v) is 4.58. The van der Waals surface area contributed by atoms with Crippen LogP contribution in [0.15, 0.2) is 53.9 Å². The number of pyridine rings is 1. The number of hydrazone groups is 1. The lowest BCUT2D eigenvalue weighted by molar-refractivity contribution is -0.137. The molecule has 0 bridgehead atoms. The quantitative estimate of drug-likeness (QED) is 0.667. The molecule has 0 unspecified atom stereocenters. The van der Waals surface area contributed by atoms with E-state index in [1.54, 1.807) is 24.5 Å². The molecule has 1 N–H and O–H groups in total. The summed E-state index contributed by atoms with van der Waals surface area (Å²) in [5, 5.41) is 3.98. The van der Waals surface area contributed by atoms with E-state index < -0.39 is 11.7 Å². The molecule has 20 heavy (non-hydrogen) atoms. The van der Waals surface area contributed by atoms with Gasteiger partial charge in [0, 0.05) is 18.0 Å². The summed E-state index contributed by atoms with van der Waals surface area (Å²) in [6.45, 7) is 0. The molecule has 3 nitrogen and oxygen atoms in total. The maximum Gasteiger partial charge on any atom is 0.416 e. The van der Waals surface area contributed by atoms with E-state index in [1.807, 2.05) is 0 Å². The molecule has 0 fully saturated rings. The van der Waals surface area contributed by atoms with Crippen molar-refractivity contribution in [2.45, 2.75) is 6.18 Å². The van der Waals surface area contributed by atoms with Crippen LogP contribution in [-0.2, 0) is 6.18 Å². The van der Waals surface area contributed by atoms with Crippen molar-refractivity contribution in [2.75, 3.05) is 5.43 Å². The van der Waals surface area contributed by atoms with Crippen LogP contribution in [0, 0.1) is 0 Å². The summed E-state index contributed by atoms with van der Waals surface area (Å²) in [6, 6.07) is 8.28. The lowest BCUT2D eigenvalue weighted by Crippen LogP contribution is -2.05. The number of hydrogen-bond acceptors (Lipinski definition) is 3. The largest absolute Gasteiger partial charge is 0.416 e. The van der Waals surface area contributed by atoms with Gasteiger partial charge in [0.05, 0.1) is 11.3 Å². The maximum absolute atomic E-state index is 12.6. The van der Waals surface area contributed by atoms with Gasteiger partial charge in [-0.3, -0.25) is 10.4 Å². The molecule has 0 aliphatic heterocycles. The minimum absolute atomic E-state index is 0.255. The van der Waals surface area contributed by atoms with Crippen molar-refractivity contribution < 1.29 is 13.2 Å². The van der Waals surface area contributed by atoms with Gasteiger partial charge in [-0.1, -0.05) is 6.07 Å². The highest BCUT2D eigenvalue weighted by atomic mass is 79.9. The lowest BCUT2D eigenvalue weighted by atomic mass is 10.2. The van der Waals surface area contributed by atoms with E-state index in [0.29, 0.717) is 4.62 Å². The Bertz CT molecular complexity index is 612. The number of aromatic nitrogens is 1.